The van der Waals surface area contributed by atoms with Gasteiger partial charge in [0.15, 0.2) is 0 Å². The molecule has 0 aliphatic heterocycles. The Balaban J connectivity index is 1.83. The summed E-state index contributed by atoms with van der Waals surface area (Å²) in [6.07, 6.45) is 9.22. The number of hydrogen-bond acceptors (Lipinski definition) is 6. The average Bonchev–Trinajstić information content (AvgIpc) is 2.92. The highest BCUT2D eigenvalue weighted by atomic mass is 35.5. The van der Waals surface area contributed by atoms with Crippen LogP contribution in [0, 0.1) is 0 Å². The van der Waals surface area contributed by atoms with Crippen LogP contribution in [0.2, 0.25) is 5.02 Å². The maximum atomic E-state index is 13.9. The van der Waals surface area contributed by atoms with E-state index in [-0.39, 0.29) is 23.2 Å². The van der Waals surface area contributed by atoms with E-state index in [1.54, 1.807) is 42.5 Å². The molecule has 186 valence electrons. The Morgan fingerprint density at radius 3 is 2.47 bits per heavy atom. The standard InChI is InChI=1S/C27H27ClN4O4/c1-36-27(35)19-6-5-9-22(16-19)32(26(34)23-17-29-14-15-30-23)24(18-10-12-20(28)13-11-18)25(33)31-21-7-3-2-4-8-21/h5-6,9-17,21,24H,2-4,7-8H2,1H3,(H,31,33)/t24-/m1/s1. The van der Waals surface area contributed by atoms with Gasteiger partial charge in [0.2, 0.25) is 5.91 Å². The number of benzene rings is 2. The van der Waals surface area contributed by atoms with Crippen molar-refractivity contribution in [3.63, 3.8) is 0 Å². The molecule has 3 aromatic rings. The molecule has 1 saturated carbocycles. The molecule has 1 aliphatic rings. The summed E-state index contributed by atoms with van der Waals surface area (Å²) in [6.45, 7) is 0. The molecule has 1 aliphatic carbocycles. The summed E-state index contributed by atoms with van der Waals surface area (Å²) in [5, 5.41) is 3.65. The van der Waals surface area contributed by atoms with Crippen LogP contribution in [0.4, 0.5) is 5.69 Å². The summed E-state index contributed by atoms with van der Waals surface area (Å²) >= 11 is 6.13. The predicted octanol–water partition coefficient (Wildman–Crippen LogP) is 4.75. The van der Waals surface area contributed by atoms with Gasteiger partial charge in [-0.2, -0.15) is 0 Å². The number of hydrogen-bond donors (Lipinski definition) is 1. The normalized spacial score (nSPS) is 14.5. The number of aromatic nitrogens is 2. The number of amides is 2. The molecule has 1 N–H and O–H groups in total. The molecule has 0 spiro atoms. The molecule has 9 heteroatoms. The Morgan fingerprint density at radius 1 is 1.06 bits per heavy atom. The fraction of sp³-hybridized carbons (Fsp3) is 0.296. The van der Waals surface area contributed by atoms with E-state index in [1.807, 2.05) is 0 Å². The fourth-order valence-corrected chi connectivity index (χ4v) is 4.53. The Labute approximate surface area is 214 Å². The minimum Gasteiger partial charge on any atom is -0.465 e. The molecule has 2 amide bonds. The Bertz CT molecular complexity index is 1210. The molecule has 8 nitrogen and oxygen atoms in total. The van der Waals surface area contributed by atoms with Gasteiger partial charge in [0.05, 0.1) is 18.9 Å². The molecule has 0 unspecified atom stereocenters. The molecule has 1 fully saturated rings. The van der Waals surface area contributed by atoms with Crippen molar-refractivity contribution in [2.45, 2.75) is 44.2 Å². The van der Waals surface area contributed by atoms with Gasteiger partial charge in [-0.25, -0.2) is 9.78 Å². The van der Waals surface area contributed by atoms with E-state index in [4.69, 9.17) is 16.3 Å². The van der Waals surface area contributed by atoms with Crippen molar-refractivity contribution in [1.82, 2.24) is 15.3 Å². The molecule has 0 saturated heterocycles. The van der Waals surface area contributed by atoms with Crippen LogP contribution in [0.5, 0.6) is 0 Å². The van der Waals surface area contributed by atoms with E-state index in [2.05, 4.69) is 15.3 Å². The fourth-order valence-electron chi connectivity index (χ4n) is 4.41. The van der Waals surface area contributed by atoms with Crippen LogP contribution in [0.15, 0.2) is 67.1 Å². The van der Waals surface area contributed by atoms with Crippen LogP contribution < -0.4 is 10.2 Å². The van der Waals surface area contributed by atoms with Crippen molar-refractivity contribution in [3.8, 4) is 0 Å². The van der Waals surface area contributed by atoms with Crippen LogP contribution in [0.1, 0.15) is 64.6 Å². The lowest BCUT2D eigenvalue weighted by molar-refractivity contribution is -0.123. The van der Waals surface area contributed by atoms with Crippen molar-refractivity contribution in [2.24, 2.45) is 0 Å². The molecule has 1 heterocycles. The van der Waals surface area contributed by atoms with Crippen LogP contribution in [-0.4, -0.2) is 40.9 Å². The zero-order valence-electron chi connectivity index (χ0n) is 19.9. The minimum absolute atomic E-state index is 0.0240. The Morgan fingerprint density at radius 2 is 1.81 bits per heavy atom. The molecule has 36 heavy (non-hydrogen) atoms. The monoisotopic (exact) mass is 506 g/mol. The summed E-state index contributed by atoms with van der Waals surface area (Å²) in [5.74, 6) is -1.42. The summed E-state index contributed by atoms with van der Waals surface area (Å²) in [4.78, 5) is 49.5. The zero-order chi connectivity index (χ0) is 25.5. The lowest BCUT2D eigenvalue weighted by Crippen LogP contribution is -2.47. The number of nitrogens with one attached hydrogen (secondary N) is 1. The molecule has 2 aromatic carbocycles. The quantitative estimate of drug-likeness (QED) is 0.464. The molecule has 0 bridgehead atoms. The second kappa shape index (κ2) is 11.8. The lowest BCUT2D eigenvalue weighted by Gasteiger charge is -2.33. The molecular formula is C27H27ClN4O4. The second-order valence-electron chi connectivity index (χ2n) is 8.61. The first kappa shape index (κ1) is 25.3. The van der Waals surface area contributed by atoms with Crippen LogP contribution in [-0.2, 0) is 9.53 Å². The molecule has 1 aromatic heterocycles. The Hall–Kier alpha value is -3.78. The van der Waals surface area contributed by atoms with Crippen molar-refractivity contribution in [3.05, 3.63) is 89.0 Å². The lowest BCUT2D eigenvalue weighted by atomic mass is 9.94. The highest BCUT2D eigenvalue weighted by Crippen LogP contribution is 2.31. The van der Waals surface area contributed by atoms with Crippen molar-refractivity contribution < 1.29 is 19.1 Å². The number of carbonyl (C=O) groups excluding carboxylic acids is 3. The summed E-state index contributed by atoms with van der Waals surface area (Å²) < 4.78 is 4.86. The predicted molar refractivity (Wildman–Crippen MR) is 136 cm³/mol. The number of nitrogens with zero attached hydrogens (tertiary/aromatic N) is 3. The van der Waals surface area contributed by atoms with Gasteiger partial charge in [0, 0.05) is 29.1 Å². The molecule has 0 radical (unpaired) electrons. The van der Waals surface area contributed by atoms with Gasteiger partial charge in [-0.05, 0) is 48.7 Å². The number of methoxy groups -OCH3 is 1. The largest absolute Gasteiger partial charge is 0.465 e. The van der Waals surface area contributed by atoms with Gasteiger partial charge in [0.1, 0.15) is 11.7 Å². The van der Waals surface area contributed by atoms with Crippen molar-refractivity contribution >= 4 is 35.1 Å². The third-order valence-electron chi connectivity index (χ3n) is 6.19. The maximum Gasteiger partial charge on any atom is 0.337 e. The molecular weight excluding hydrogens is 480 g/mol. The number of anilines is 1. The highest BCUT2D eigenvalue weighted by Gasteiger charge is 2.35. The van der Waals surface area contributed by atoms with Gasteiger partial charge >= 0.3 is 5.97 Å². The van der Waals surface area contributed by atoms with E-state index in [9.17, 15) is 14.4 Å². The van der Waals surface area contributed by atoms with E-state index >= 15 is 0 Å². The second-order valence-corrected chi connectivity index (χ2v) is 9.04. The van der Waals surface area contributed by atoms with Crippen LogP contribution in [0.3, 0.4) is 0 Å². The average molecular weight is 507 g/mol. The van der Waals surface area contributed by atoms with E-state index < -0.39 is 17.9 Å². The first-order valence-electron chi connectivity index (χ1n) is 11.8. The van der Waals surface area contributed by atoms with Gasteiger partial charge in [-0.1, -0.05) is 49.1 Å². The van der Waals surface area contributed by atoms with Crippen LogP contribution in [0.25, 0.3) is 0 Å². The topological polar surface area (TPSA) is 101 Å². The summed E-state index contributed by atoms with van der Waals surface area (Å²) in [7, 11) is 1.28. The first-order valence-corrected chi connectivity index (χ1v) is 12.2. The number of esters is 1. The highest BCUT2D eigenvalue weighted by molar-refractivity contribution is 6.30. The van der Waals surface area contributed by atoms with Gasteiger partial charge in [0.25, 0.3) is 5.91 Å². The van der Waals surface area contributed by atoms with E-state index in [1.165, 1.54) is 36.7 Å². The first-order chi connectivity index (χ1) is 17.5. The maximum absolute atomic E-state index is 13.9. The van der Waals surface area contributed by atoms with Gasteiger partial charge in [-0.15, -0.1) is 0 Å². The van der Waals surface area contributed by atoms with Crippen LogP contribution >= 0.6 is 11.6 Å². The minimum atomic E-state index is -1.05. The summed E-state index contributed by atoms with van der Waals surface area (Å²) in [6, 6.07) is 12.2. The molecule has 4 rings (SSSR count). The third kappa shape index (κ3) is 5.88. The summed E-state index contributed by atoms with van der Waals surface area (Å²) in [5.41, 5.74) is 1.21. The van der Waals surface area contributed by atoms with Crippen molar-refractivity contribution in [2.75, 3.05) is 12.0 Å². The number of carbonyl (C=O) groups is 3. The number of halogens is 1. The number of ether oxygens (including phenoxy) is 1. The zero-order valence-corrected chi connectivity index (χ0v) is 20.6. The van der Waals surface area contributed by atoms with E-state index in [0.717, 1.165) is 32.1 Å². The SMILES string of the molecule is COC(=O)c1cccc(N(C(=O)c2cnccn2)[C@@H](C(=O)NC2CCCCC2)c2ccc(Cl)cc2)c1. The van der Waals surface area contributed by atoms with Crippen molar-refractivity contribution in [1.29, 1.82) is 0 Å². The molecule has 1 atom stereocenters. The van der Waals surface area contributed by atoms with Gasteiger partial charge in [-0.3, -0.25) is 19.5 Å². The van der Waals surface area contributed by atoms with E-state index in [0.29, 0.717) is 16.3 Å². The van der Waals surface area contributed by atoms with Gasteiger partial charge < -0.3 is 10.1 Å². The Kier molecular flexibility index (Phi) is 8.28. The number of rotatable bonds is 7. The smallest absolute Gasteiger partial charge is 0.337 e. The third-order valence-corrected chi connectivity index (χ3v) is 6.44.